The van der Waals surface area contributed by atoms with Crippen LogP contribution in [-0.2, 0) is 27.3 Å². The number of likely N-dealkylation sites (N-methyl/N-ethyl adjacent to an activating group) is 1. The number of amides is 2. The van der Waals surface area contributed by atoms with E-state index in [1.807, 2.05) is 64.1 Å². The van der Waals surface area contributed by atoms with Gasteiger partial charge in [-0.05, 0) is 76.1 Å². The van der Waals surface area contributed by atoms with Gasteiger partial charge in [0.25, 0.3) is 0 Å². The van der Waals surface area contributed by atoms with Crippen molar-refractivity contribution in [1.82, 2.24) is 10.6 Å². The van der Waals surface area contributed by atoms with Crippen molar-refractivity contribution in [3.63, 3.8) is 0 Å². The first kappa shape index (κ1) is 35.7. The van der Waals surface area contributed by atoms with Crippen LogP contribution in [0.4, 0.5) is 0 Å². The van der Waals surface area contributed by atoms with E-state index in [0.717, 1.165) is 27.5 Å². The van der Waals surface area contributed by atoms with E-state index in [4.69, 9.17) is 5.73 Å². The van der Waals surface area contributed by atoms with Gasteiger partial charge in [0, 0.05) is 18.5 Å². The number of primary amides is 1. The van der Waals surface area contributed by atoms with Crippen molar-refractivity contribution in [2.24, 2.45) is 40.2 Å². The molecule has 0 saturated heterocycles. The van der Waals surface area contributed by atoms with Crippen LogP contribution in [0.3, 0.4) is 0 Å². The molecular formula is C39H47N3O8. The van der Waals surface area contributed by atoms with Crippen LogP contribution in [0.1, 0.15) is 62.5 Å². The molecule has 0 radical (unpaired) electrons. The average Bonchev–Trinajstić information content (AvgIpc) is 3.03. The summed E-state index contributed by atoms with van der Waals surface area (Å²) in [6.07, 6.45) is -3.16. The van der Waals surface area contributed by atoms with Crippen LogP contribution in [-0.4, -0.2) is 74.7 Å². The third kappa shape index (κ3) is 5.08. The van der Waals surface area contributed by atoms with Crippen LogP contribution in [0, 0.1) is 34.5 Å². The third-order valence-corrected chi connectivity index (χ3v) is 11.9. The van der Waals surface area contributed by atoms with E-state index in [9.17, 15) is 39.6 Å². The second-order valence-corrected chi connectivity index (χ2v) is 15.3. The van der Waals surface area contributed by atoms with E-state index in [2.05, 4.69) is 10.6 Å². The number of phenols is 1. The number of phenolic OH excluding ortho intramolecular Hbond substituents is 1. The molecule has 50 heavy (non-hydrogen) atoms. The standard InChI is InChI=1S/C39H47N3O8/c1-6-42-27(44)17-41-16-20-11-12-23(22-10-8-7-9-21(20)22)24-13-14-26(43)28-25(24)15-37(4)18-38(5)30(19(2)3)33(46)29(36(40)49)34(47)39(38,50)35(48)31(37)32(28)45/h7-14,19,29-31,33,35,41,43,46,48,50H,6,15-18H2,1-5H3,(H2,40,49)(H,42,44)/t29-,30+,31-,33?,35?,37-,38-,39+/m1/s1. The maximum Gasteiger partial charge on any atom is 0.233 e. The Bertz CT molecular complexity index is 1910. The fraction of sp³-hybridized carbons (Fsp3) is 0.487. The molecule has 0 spiro atoms. The highest BCUT2D eigenvalue weighted by Gasteiger charge is 2.76. The number of ketones is 2. The van der Waals surface area contributed by atoms with Gasteiger partial charge in [-0.1, -0.05) is 70.2 Å². The van der Waals surface area contributed by atoms with Gasteiger partial charge >= 0.3 is 0 Å². The number of benzene rings is 3. The Morgan fingerprint density at radius 3 is 2.30 bits per heavy atom. The van der Waals surface area contributed by atoms with Crippen molar-refractivity contribution < 1.29 is 39.6 Å². The molecule has 2 saturated carbocycles. The summed E-state index contributed by atoms with van der Waals surface area (Å²) in [7, 11) is 0. The van der Waals surface area contributed by atoms with Gasteiger partial charge in [-0.15, -0.1) is 0 Å². The first-order valence-corrected chi connectivity index (χ1v) is 17.3. The molecule has 11 nitrogen and oxygen atoms in total. The van der Waals surface area contributed by atoms with Crippen molar-refractivity contribution >= 4 is 34.2 Å². The minimum Gasteiger partial charge on any atom is -0.507 e. The predicted octanol–water partition coefficient (Wildman–Crippen LogP) is 2.62. The Balaban J connectivity index is 1.48. The molecule has 2 amide bonds. The van der Waals surface area contributed by atoms with Gasteiger partial charge in [-0.3, -0.25) is 19.2 Å². The smallest absolute Gasteiger partial charge is 0.233 e. The highest BCUT2D eigenvalue weighted by molar-refractivity contribution is 6.10. The number of aromatic hydroxyl groups is 1. The monoisotopic (exact) mass is 685 g/mol. The summed E-state index contributed by atoms with van der Waals surface area (Å²) in [5.74, 6) is -7.40. The molecule has 0 aliphatic heterocycles. The summed E-state index contributed by atoms with van der Waals surface area (Å²) < 4.78 is 0. The molecule has 8 atom stereocenters. The minimum atomic E-state index is -2.57. The van der Waals surface area contributed by atoms with Crippen molar-refractivity contribution in [1.29, 1.82) is 0 Å². The topological polar surface area (TPSA) is 199 Å². The molecule has 3 aliphatic rings. The fourth-order valence-electron chi connectivity index (χ4n) is 10.1. The lowest BCUT2D eigenvalue weighted by Gasteiger charge is -2.66. The molecule has 266 valence electrons. The van der Waals surface area contributed by atoms with Crippen molar-refractivity contribution in [2.75, 3.05) is 13.1 Å². The molecule has 0 aromatic heterocycles. The summed E-state index contributed by atoms with van der Waals surface area (Å²) >= 11 is 0. The molecule has 2 fully saturated rings. The zero-order valence-corrected chi connectivity index (χ0v) is 29.1. The molecular weight excluding hydrogens is 638 g/mol. The van der Waals surface area contributed by atoms with Gasteiger partial charge in [0.1, 0.15) is 17.8 Å². The summed E-state index contributed by atoms with van der Waals surface area (Å²) in [4.78, 5) is 53.1. The van der Waals surface area contributed by atoms with Crippen LogP contribution >= 0.6 is 0 Å². The molecule has 3 aromatic carbocycles. The van der Waals surface area contributed by atoms with Gasteiger partial charge in [-0.25, -0.2) is 0 Å². The Morgan fingerprint density at radius 1 is 1.00 bits per heavy atom. The largest absolute Gasteiger partial charge is 0.507 e. The number of aliphatic hydroxyl groups is 3. The van der Waals surface area contributed by atoms with Gasteiger partial charge < -0.3 is 36.8 Å². The average molecular weight is 686 g/mol. The number of nitrogens with one attached hydrogen (secondary N) is 2. The van der Waals surface area contributed by atoms with Gasteiger partial charge in [0.2, 0.25) is 11.8 Å². The number of Topliss-reactive ketones (excluding diaryl/α,β-unsaturated/α-hetero) is 2. The SMILES string of the molecule is CCNC(=O)CNCc1ccc(-c2ccc(O)c3c2C[C@]2(C)C[C@]4(C)[C@@H](C(C)C)C(O)[C@@H](C(N)=O)C(=O)[C@]4(O)C(O)[C@H]2C3=O)c2ccccc12. The number of carbonyl (C=O) groups is 4. The van der Waals surface area contributed by atoms with Crippen LogP contribution < -0.4 is 16.4 Å². The predicted molar refractivity (Wildman–Crippen MR) is 187 cm³/mol. The van der Waals surface area contributed by atoms with Gasteiger partial charge in [-0.2, -0.15) is 0 Å². The van der Waals surface area contributed by atoms with E-state index in [-0.39, 0.29) is 42.5 Å². The molecule has 3 aromatic rings. The van der Waals surface area contributed by atoms with E-state index >= 15 is 0 Å². The minimum absolute atomic E-state index is 0.0168. The number of rotatable bonds is 8. The van der Waals surface area contributed by atoms with E-state index in [1.54, 1.807) is 13.0 Å². The van der Waals surface area contributed by atoms with Gasteiger partial charge in [0.15, 0.2) is 17.2 Å². The second-order valence-electron chi connectivity index (χ2n) is 15.3. The lowest BCUT2D eigenvalue weighted by Crippen LogP contribution is -2.79. The molecule has 11 heteroatoms. The van der Waals surface area contributed by atoms with Crippen LogP contribution in [0.25, 0.3) is 21.9 Å². The molecule has 3 aliphatic carbocycles. The van der Waals surface area contributed by atoms with Crippen molar-refractivity contribution in [3.8, 4) is 16.9 Å². The zero-order chi connectivity index (χ0) is 36.5. The highest BCUT2D eigenvalue weighted by atomic mass is 16.4. The number of hydrogen-bond acceptors (Lipinski definition) is 9. The van der Waals surface area contributed by atoms with Gasteiger partial charge in [0.05, 0.1) is 24.1 Å². The Morgan fingerprint density at radius 2 is 1.66 bits per heavy atom. The summed E-state index contributed by atoms with van der Waals surface area (Å²) in [5.41, 5.74) is 3.66. The van der Waals surface area contributed by atoms with E-state index < -0.39 is 63.9 Å². The zero-order valence-electron chi connectivity index (χ0n) is 29.1. The van der Waals surface area contributed by atoms with E-state index in [1.165, 1.54) is 6.07 Å². The quantitative estimate of drug-likeness (QED) is 0.174. The number of fused-ring (bicyclic) bond motifs is 4. The molecule has 8 N–H and O–H groups in total. The Labute approximate surface area is 291 Å². The molecule has 6 rings (SSSR count). The number of nitrogens with two attached hydrogens (primary N) is 1. The van der Waals surface area contributed by atoms with Crippen molar-refractivity contribution in [2.45, 2.75) is 71.8 Å². The highest BCUT2D eigenvalue weighted by Crippen LogP contribution is 2.66. The van der Waals surface area contributed by atoms with Crippen LogP contribution in [0.5, 0.6) is 5.75 Å². The Kier molecular flexibility index (Phi) is 8.96. The number of hydrogen-bond donors (Lipinski definition) is 7. The summed E-state index contributed by atoms with van der Waals surface area (Å²) in [5, 5.41) is 54.9. The first-order chi connectivity index (χ1) is 23.5. The summed E-state index contributed by atoms with van der Waals surface area (Å²) in [6, 6.07) is 15.0. The number of carbonyl (C=O) groups excluding carboxylic acids is 4. The molecule has 0 heterocycles. The second kappa shape index (κ2) is 12.6. The maximum atomic E-state index is 14.6. The first-order valence-electron chi connectivity index (χ1n) is 17.3. The third-order valence-electron chi connectivity index (χ3n) is 11.9. The lowest BCUT2D eigenvalue weighted by atomic mass is 9.39. The molecule has 2 unspecified atom stereocenters. The summed E-state index contributed by atoms with van der Waals surface area (Å²) in [6.45, 7) is 10.1. The maximum absolute atomic E-state index is 14.6. The lowest BCUT2D eigenvalue weighted by molar-refractivity contribution is -0.265. The normalized spacial score (nSPS) is 32.0. The Hall–Kier alpha value is -4.16. The van der Waals surface area contributed by atoms with Crippen molar-refractivity contribution in [3.05, 3.63) is 65.2 Å². The molecule has 0 bridgehead atoms. The number of aliphatic hydroxyl groups excluding tert-OH is 2. The van der Waals surface area contributed by atoms with Crippen LogP contribution in [0.15, 0.2) is 48.5 Å². The van der Waals surface area contributed by atoms with E-state index in [0.29, 0.717) is 18.7 Å². The fourth-order valence-corrected chi connectivity index (χ4v) is 10.1. The van der Waals surface area contributed by atoms with Crippen LogP contribution in [0.2, 0.25) is 0 Å².